The van der Waals surface area contributed by atoms with Crippen LogP contribution < -0.4 is 0 Å². The van der Waals surface area contributed by atoms with Crippen LogP contribution in [0.3, 0.4) is 0 Å². The van der Waals surface area contributed by atoms with Gasteiger partial charge in [-0.25, -0.2) is 0 Å². The molecule has 1 aromatic rings. The molecule has 1 saturated carbocycles. The van der Waals surface area contributed by atoms with E-state index in [-0.39, 0.29) is 0 Å². The average molecular weight is 365 g/mol. The largest absolute Gasteiger partial charge is 0.0928 e. The second kappa shape index (κ2) is 7.99. The van der Waals surface area contributed by atoms with E-state index >= 15 is 0 Å². The first kappa shape index (κ1) is 18.0. The van der Waals surface area contributed by atoms with Crippen molar-refractivity contribution in [3.8, 4) is 0 Å². The van der Waals surface area contributed by atoms with E-state index in [4.69, 9.17) is 0 Å². The molecule has 2 rings (SSSR count). The van der Waals surface area contributed by atoms with Crippen molar-refractivity contribution in [2.45, 2.75) is 85.5 Å². The highest BCUT2D eigenvalue weighted by Gasteiger charge is 2.25. The Balaban J connectivity index is 2.09. The van der Waals surface area contributed by atoms with Crippen molar-refractivity contribution in [1.29, 1.82) is 0 Å². The second-order valence-electron chi connectivity index (χ2n) is 7.44. The van der Waals surface area contributed by atoms with Gasteiger partial charge in [-0.05, 0) is 112 Å². The molecular formula is C21H33Br. The van der Waals surface area contributed by atoms with E-state index in [1.165, 1.54) is 67.0 Å². The van der Waals surface area contributed by atoms with Crippen molar-refractivity contribution in [2.75, 3.05) is 5.33 Å². The van der Waals surface area contributed by atoms with Crippen molar-refractivity contribution < 1.29 is 0 Å². The predicted octanol–water partition coefficient (Wildman–Crippen LogP) is 7.07. The third-order valence-electron chi connectivity index (χ3n) is 6.31. The Morgan fingerprint density at radius 2 is 1.23 bits per heavy atom. The van der Waals surface area contributed by atoms with Gasteiger partial charge in [0.15, 0.2) is 0 Å². The molecule has 0 radical (unpaired) electrons. The van der Waals surface area contributed by atoms with Crippen LogP contribution in [-0.4, -0.2) is 5.33 Å². The van der Waals surface area contributed by atoms with Crippen molar-refractivity contribution >= 4 is 15.9 Å². The third kappa shape index (κ3) is 3.78. The summed E-state index contributed by atoms with van der Waals surface area (Å²) in [6, 6.07) is 0. The minimum absolute atomic E-state index is 0.811. The summed E-state index contributed by atoms with van der Waals surface area (Å²) < 4.78 is 0. The molecule has 0 amide bonds. The smallest absolute Gasteiger partial charge is 0.00313 e. The van der Waals surface area contributed by atoms with Crippen molar-refractivity contribution in [2.24, 2.45) is 5.92 Å². The van der Waals surface area contributed by atoms with Crippen LogP contribution in [0, 0.1) is 40.5 Å². The van der Waals surface area contributed by atoms with Crippen LogP contribution in [0.5, 0.6) is 0 Å². The van der Waals surface area contributed by atoms with E-state index < -0.39 is 0 Å². The standard InChI is InChI=1S/C21H33Br/c1-14-15(2)17(4)21(18(5)16(14)3)20-11-9-19(10-12-20)8-6-7-13-22/h19-20H,6-13H2,1-5H3. The molecule has 0 nitrogen and oxygen atoms in total. The van der Waals surface area contributed by atoms with Gasteiger partial charge in [-0.2, -0.15) is 0 Å². The summed E-state index contributed by atoms with van der Waals surface area (Å²) in [4.78, 5) is 0. The van der Waals surface area contributed by atoms with Gasteiger partial charge in [-0.3, -0.25) is 0 Å². The molecule has 0 unspecified atom stereocenters. The zero-order chi connectivity index (χ0) is 16.3. The number of benzene rings is 1. The molecule has 0 aliphatic heterocycles. The first-order chi connectivity index (χ1) is 10.5. The molecule has 1 aliphatic rings. The Hall–Kier alpha value is -0.300. The summed E-state index contributed by atoms with van der Waals surface area (Å²) in [5, 5.41) is 1.17. The Kier molecular flexibility index (Phi) is 6.56. The molecule has 0 spiro atoms. The molecule has 0 saturated heterocycles. The maximum absolute atomic E-state index is 3.55. The van der Waals surface area contributed by atoms with E-state index in [0.717, 1.165) is 11.8 Å². The minimum atomic E-state index is 0.811. The molecule has 1 aromatic carbocycles. The zero-order valence-corrected chi connectivity index (χ0v) is 16.8. The average Bonchev–Trinajstić information content (AvgIpc) is 2.53. The third-order valence-corrected chi connectivity index (χ3v) is 6.87. The van der Waals surface area contributed by atoms with Crippen LogP contribution in [0.2, 0.25) is 0 Å². The first-order valence-electron chi connectivity index (χ1n) is 9.10. The summed E-state index contributed by atoms with van der Waals surface area (Å²) in [5.41, 5.74) is 9.39. The number of hydrogen-bond acceptors (Lipinski definition) is 0. The summed E-state index contributed by atoms with van der Waals surface area (Å²) >= 11 is 3.55. The number of hydrogen-bond donors (Lipinski definition) is 0. The van der Waals surface area contributed by atoms with Gasteiger partial charge in [0.05, 0.1) is 0 Å². The second-order valence-corrected chi connectivity index (χ2v) is 8.23. The van der Waals surface area contributed by atoms with Gasteiger partial charge in [-0.15, -0.1) is 0 Å². The molecule has 0 bridgehead atoms. The van der Waals surface area contributed by atoms with Crippen LogP contribution in [0.1, 0.15) is 84.2 Å². The Morgan fingerprint density at radius 3 is 1.73 bits per heavy atom. The summed E-state index contributed by atoms with van der Waals surface area (Å²) in [7, 11) is 0. The van der Waals surface area contributed by atoms with Crippen molar-refractivity contribution in [3.63, 3.8) is 0 Å². The molecule has 1 heteroatoms. The number of alkyl halides is 1. The van der Waals surface area contributed by atoms with E-state index in [1.807, 2.05) is 0 Å². The van der Waals surface area contributed by atoms with E-state index in [2.05, 4.69) is 50.5 Å². The minimum Gasteiger partial charge on any atom is -0.0928 e. The zero-order valence-electron chi connectivity index (χ0n) is 15.2. The fourth-order valence-electron chi connectivity index (χ4n) is 4.41. The molecule has 124 valence electrons. The van der Waals surface area contributed by atoms with Gasteiger partial charge in [0, 0.05) is 5.33 Å². The Bertz CT molecular complexity index is 478. The fourth-order valence-corrected chi connectivity index (χ4v) is 4.81. The van der Waals surface area contributed by atoms with Gasteiger partial charge >= 0.3 is 0 Å². The Labute approximate surface area is 146 Å². The lowest BCUT2D eigenvalue weighted by Crippen LogP contribution is -2.16. The highest BCUT2D eigenvalue weighted by atomic mass is 79.9. The van der Waals surface area contributed by atoms with Crippen LogP contribution in [0.15, 0.2) is 0 Å². The summed E-state index contributed by atoms with van der Waals surface area (Å²) in [5.74, 6) is 1.80. The number of halogens is 1. The molecule has 22 heavy (non-hydrogen) atoms. The molecule has 1 aliphatic carbocycles. The molecular weight excluding hydrogens is 332 g/mol. The lowest BCUT2D eigenvalue weighted by molar-refractivity contribution is 0.303. The van der Waals surface area contributed by atoms with Crippen LogP contribution in [0.4, 0.5) is 0 Å². The van der Waals surface area contributed by atoms with E-state index in [1.54, 1.807) is 16.7 Å². The monoisotopic (exact) mass is 364 g/mol. The van der Waals surface area contributed by atoms with E-state index in [0.29, 0.717) is 0 Å². The van der Waals surface area contributed by atoms with Gasteiger partial charge in [-0.1, -0.05) is 28.8 Å². The normalized spacial score (nSPS) is 22.1. The van der Waals surface area contributed by atoms with E-state index in [9.17, 15) is 0 Å². The summed E-state index contributed by atoms with van der Waals surface area (Å²) in [6.45, 7) is 11.6. The van der Waals surface area contributed by atoms with Gasteiger partial charge in [0.1, 0.15) is 0 Å². The predicted molar refractivity (Wildman–Crippen MR) is 102 cm³/mol. The number of rotatable bonds is 5. The molecule has 0 heterocycles. The van der Waals surface area contributed by atoms with Crippen LogP contribution >= 0.6 is 15.9 Å². The maximum Gasteiger partial charge on any atom is 0.00313 e. The highest BCUT2D eigenvalue weighted by molar-refractivity contribution is 9.09. The lowest BCUT2D eigenvalue weighted by Gasteiger charge is -2.32. The topological polar surface area (TPSA) is 0 Å². The molecule has 0 atom stereocenters. The fraction of sp³-hybridized carbons (Fsp3) is 0.714. The highest BCUT2D eigenvalue weighted by Crippen LogP contribution is 2.42. The SMILES string of the molecule is Cc1c(C)c(C)c(C2CCC(CCCCBr)CC2)c(C)c1C. The van der Waals surface area contributed by atoms with Crippen molar-refractivity contribution in [3.05, 3.63) is 33.4 Å². The molecule has 1 fully saturated rings. The summed E-state index contributed by atoms with van der Waals surface area (Å²) in [6.07, 6.45) is 9.89. The lowest BCUT2D eigenvalue weighted by atomic mass is 9.73. The number of unbranched alkanes of at least 4 members (excludes halogenated alkanes) is 1. The maximum atomic E-state index is 3.55. The van der Waals surface area contributed by atoms with Gasteiger partial charge in [0.25, 0.3) is 0 Å². The van der Waals surface area contributed by atoms with Gasteiger partial charge in [0.2, 0.25) is 0 Å². The molecule has 0 aromatic heterocycles. The van der Waals surface area contributed by atoms with Crippen LogP contribution in [-0.2, 0) is 0 Å². The Morgan fingerprint density at radius 1 is 0.727 bits per heavy atom. The van der Waals surface area contributed by atoms with Gasteiger partial charge < -0.3 is 0 Å². The van der Waals surface area contributed by atoms with Crippen LogP contribution in [0.25, 0.3) is 0 Å². The first-order valence-corrected chi connectivity index (χ1v) is 10.2. The quantitative estimate of drug-likeness (QED) is 0.387. The van der Waals surface area contributed by atoms with Crippen molar-refractivity contribution in [1.82, 2.24) is 0 Å². The molecule has 0 N–H and O–H groups in total.